The maximum atomic E-state index is 10.9. The van der Waals surface area contributed by atoms with Crippen molar-refractivity contribution in [3.05, 3.63) is 59.9 Å². The lowest BCUT2D eigenvalue weighted by Crippen LogP contribution is -1.99. The number of fused-ring (bicyclic) bond motifs is 1. The molecule has 0 saturated carbocycles. The normalized spacial score (nSPS) is 10.9. The van der Waals surface area contributed by atoms with E-state index in [0.717, 1.165) is 39.8 Å². The first kappa shape index (κ1) is 13.4. The van der Waals surface area contributed by atoms with E-state index in [4.69, 9.17) is 9.52 Å². The van der Waals surface area contributed by atoms with Crippen molar-refractivity contribution >= 4 is 16.9 Å². The minimum Gasteiger partial charge on any atom is -0.481 e. The van der Waals surface area contributed by atoms with Crippen LogP contribution >= 0.6 is 0 Å². The lowest BCUT2D eigenvalue weighted by atomic mass is 9.99. The summed E-state index contributed by atoms with van der Waals surface area (Å²) in [5, 5.41) is 9.94. The van der Waals surface area contributed by atoms with E-state index in [1.807, 2.05) is 48.5 Å². The Kier molecular flexibility index (Phi) is 3.48. The van der Waals surface area contributed by atoms with Gasteiger partial charge in [0.1, 0.15) is 11.3 Å². The van der Waals surface area contributed by atoms with Gasteiger partial charge >= 0.3 is 5.97 Å². The van der Waals surface area contributed by atoms with E-state index >= 15 is 0 Å². The van der Waals surface area contributed by atoms with Crippen LogP contribution in [0, 0.1) is 0 Å². The summed E-state index contributed by atoms with van der Waals surface area (Å²) in [6.07, 6.45) is 0.823. The lowest BCUT2D eigenvalue weighted by molar-refractivity contribution is -0.136. The zero-order chi connectivity index (χ0) is 14.8. The third-order valence-electron chi connectivity index (χ3n) is 3.56. The van der Waals surface area contributed by atoms with E-state index in [2.05, 4.69) is 6.92 Å². The summed E-state index contributed by atoms with van der Waals surface area (Å²) in [5.41, 5.74) is 3.76. The predicted octanol–water partition coefficient (Wildman–Crippen LogP) is 4.29. The Labute approximate surface area is 122 Å². The zero-order valence-electron chi connectivity index (χ0n) is 11.8. The van der Waals surface area contributed by atoms with Crippen molar-refractivity contribution in [2.75, 3.05) is 0 Å². The predicted molar refractivity (Wildman–Crippen MR) is 82.4 cm³/mol. The summed E-state index contributed by atoms with van der Waals surface area (Å²) in [6.45, 7) is 2.06. The fourth-order valence-corrected chi connectivity index (χ4v) is 2.65. The Morgan fingerprint density at radius 3 is 2.57 bits per heavy atom. The van der Waals surface area contributed by atoms with E-state index < -0.39 is 5.97 Å². The van der Waals surface area contributed by atoms with Gasteiger partial charge in [-0.25, -0.2) is 0 Å². The molecule has 3 heteroatoms. The van der Waals surface area contributed by atoms with Gasteiger partial charge in [0.05, 0.1) is 6.42 Å². The van der Waals surface area contributed by atoms with Gasteiger partial charge in [-0.05, 0) is 23.3 Å². The SMILES string of the molecule is CCc1oc2ccc(CC(=O)O)cc2c1-c1ccccc1. The van der Waals surface area contributed by atoms with Crippen LogP contribution in [0.3, 0.4) is 0 Å². The highest BCUT2D eigenvalue weighted by Crippen LogP contribution is 2.35. The van der Waals surface area contributed by atoms with Crippen LogP contribution in [0.5, 0.6) is 0 Å². The second-order valence-corrected chi connectivity index (χ2v) is 5.02. The van der Waals surface area contributed by atoms with Gasteiger partial charge in [0, 0.05) is 17.4 Å². The molecule has 106 valence electrons. The van der Waals surface area contributed by atoms with Crippen molar-refractivity contribution in [2.24, 2.45) is 0 Å². The Morgan fingerprint density at radius 1 is 1.14 bits per heavy atom. The number of carboxylic acid groups (broad SMARTS) is 1. The lowest BCUT2D eigenvalue weighted by Gasteiger charge is -2.02. The van der Waals surface area contributed by atoms with E-state index in [1.165, 1.54) is 0 Å². The number of hydrogen-bond donors (Lipinski definition) is 1. The number of furan rings is 1. The van der Waals surface area contributed by atoms with Crippen LogP contribution in [-0.4, -0.2) is 11.1 Å². The molecule has 1 N–H and O–H groups in total. The average Bonchev–Trinajstić information content (AvgIpc) is 2.85. The number of rotatable bonds is 4. The highest BCUT2D eigenvalue weighted by atomic mass is 16.4. The average molecular weight is 280 g/mol. The Balaban J connectivity index is 2.22. The molecule has 0 radical (unpaired) electrons. The van der Waals surface area contributed by atoms with E-state index in [9.17, 15) is 4.79 Å². The van der Waals surface area contributed by atoms with Crippen molar-refractivity contribution in [1.82, 2.24) is 0 Å². The van der Waals surface area contributed by atoms with Gasteiger partial charge in [0.2, 0.25) is 0 Å². The van der Waals surface area contributed by atoms with Crippen LogP contribution in [-0.2, 0) is 17.6 Å². The van der Waals surface area contributed by atoms with Gasteiger partial charge in [-0.15, -0.1) is 0 Å². The molecule has 3 rings (SSSR count). The number of benzene rings is 2. The summed E-state index contributed by atoms with van der Waals surface area (Å²) in [6, 6.07) is 15.7. The van der Waals surface area contributed by atoms with E-state index in [-0.39, 0.29) is 6.42 Å². The largest absolute Gasteiger partial charge is 0.481 e. The molecule has 21 heavy (non-hydrogen) atoms. The molecule has 3 nitrogen and oxygen atoms in total. The summed E-state index contributed by atoms with van der Waals surface area (Å²) in [7, 11) is 0. The molecule has 0 aliphatic rings. The maximum Gasteiger partial charge on any atom is 0.307 e. The van der Waals surface area contributed by atoms with Gasteiger partial charge in [0.25, 0.3) is 0 Å². The smallest absolute Gasteiger partial charge is 0.307 e. The molecular weight excluding hydrogens is 264 g/mol. The van der Waals surface area contributed by atoms with Gasteiger partial charge in [-0.1, -0.05) is 43.3 Å². The van der Waals surface area contributed by atoms with Crippen LogP contribution in [0.4, 0.5) is 0 Å². The molecule has 0 aliphatic heterocycles. The quantitative estimate of drug-likeness (QED) is 0.775. The molecule has 0 bridgehead atoms. The third-order valence-corrected chi connectivity index (χ3v) is 3.56. The number of aliphatic carboxylic acids is 1. The second-order valence-electron chi connectivity index (χ2n) is 5.02. The first-order valence-corrected chi connectivity index (χ1v) is 7.00. The minimum atomic E-state index is -0.824. The fourth-order valence-electron chi connectivity index (χ4n) is 2.65. The van der Waals surface area contributed by atoms with Crippen molar-refractivity contribution in [2.45, 2.75) is 19.8 Å². The Bertz CT molecular complexity index is 785. The molecule has 0 fully saturated rings. The summed E-state index contributed by atoms with van der Waals surface area (Å²) in [4.78, 5) is 10.9. The van der Waals surface area contributed by atoms with Crippen LogP contribution < -0.4 is 0 Å². The van der Waals surface area contributed by atoms with Gasteiger partial charge in [-0.2, -0.15) is 0 Å². The minimum absolute atomic E-state index is 0.0246. The maximum absolute atomic E-state index is 10.9. The van der Waals surface area contributed by atoms with Gasteiger partial charge < -0.3 is 9.52 Å². The molecule has 3 aromatic rings. The van der Waals surface area contributed by atoms with Crippen LogP contribution in [0.15, 0.2) is 52.9 Å². The highest BCUT2D eigenvalue weighted by molar-refractivity contribution is 5.96. The molecule has 1 heterocycles. The first-order valence-electron chi connectivity index (χ1n) is 7.00. The van der Waals surface area contributed by atoms with E-state index in [1.54, 1.807) is 0 Å². The van der Waals surface area contributed by atoms with Gasteiger partial charge in [0.15, 0.2) is 0 Å². The van der Waals surface area contributed by atoms with E-state index in [0.29, 0.717) is 0 Å². The van der Waals surface area contributed by atoms with Crippen LogP contribution in [0.2, 0.25) is 0 Å². The monoisotopic (exact) mass is 280 g/mol. The van der Waals surface area contributed by atoms with Crippen LogP contribution in [0.25, 0.3) is 22.1 Å². The molecule has 0 spiro atoms. The summed E-state index contributed by atoms with van der Waals surface area (Å²) < 4.78 is 5.92. The molecule has 2 aromatic carbocycles. The molecule has 0 amide bonds. The number of hydrogen-bond acceptors (Lipinski definition) is 2. The molecule has 0 atom stereocenters. The molecule has 0 saturated heterocycles. The number of aryl methyl sites for hydroxylation is 1. The second kappa shape index (κ2) is 5.44. The van der Waals surface area contributed by atoms with Crippen molar-refractivity contribution < 1.29 is 14.3 Å². The fraction of sp³-hybridized carbons (Fsp3) is 0.167. The molecule has 0 aliphatic carbocycles. The topological polar surface area (TPSA) is 50.4 Å². The number of carboxylic acids is 1. The molecule has 0 unspecified atom stereocenters. The molecular formula is C18H16O3. The summed E-state index contributed by atoms with van der Waals surface area (Å²) in [5.74, 6) is 0.110. The summed E-state index contributed by atoms with van der Waals surface area (Å²) >= 11 is 0. The standard InChI is InChI=1S/C18H16O3/c1-2-15-18(13-6-4-3-5-7-13)14-10-12(11-17(19)20)8-9-16(14)21-15/h3-10H,2,11H2,1H3,(H,19,20). The first-order chi connectivity index (χ1) is 10.2. The van der Waals surface area contributed by atoms with Crippen LogP contribution in [0.1, 0.15) is 18.2 Å². The number of carbonyl (C=O) groups is 1. The Morgan fingerprint density at radius 2 is 1.90 bits per heavy atom. The molecule has 1 aromatic heterocycles. The van der Waals surface area contributed by atoms with Crippen molar-refractivity contribution in [3.63, 3.8) is 0 Å². The van der Waals surface area contributed by atoms with Crippen molar-refractivity contribution in [3.8, 4) is 11.1 Å². The zero-order valence-corrected chi connectivity index (χ0v) is 11.8. The Hall–Kier alpha value is -2.55. The highest BCUT2D eigenvalue weighted by Gasteiger charge is 2.15. The third kappa shape index (κ3) is 2.55. The van der Waals surface area contributed by atoms with Crippen molar-refractivity contribution in [1.29, 1.82) is 0 Å². The van der Waals surface area contributed by atoms with Gasteiger partial charge in [-0.3, -0.25) is 4.79 Å².